The number of aliphatic carboxylic acids is 2. The second-order valence-electron chi connectivity index (χ2n) is 4.12. The van der Waals surface area contributed by atoms with Gasteiger partial charge in [0.15, 0.2) is 0 Å². The molecular formula is C10H17NO6. The van der Waals surface area contributed by atoms with E-state index < -0.39 is 29.7 Å². The van der Waals surface area contributed by atoms with Gasteiger partial charge in [-0.3, -0.25) is 4.79 Å². The van der Waals surface area contributed by atoms with Crippen LogP contribution in [0.3, 0.4) is 0 Å². The lowest BCUT2D eigenvalue weighted by atomic mass is 10.1. The largest absolute Gasteiger partial charge is 0.481 e. The Morgan fingerprint density at radius 2 is 2.00 bits per heavy atom. The van der Waals surface area contributed by atoms with E-state index in [0.29, 0.717) is 0 Å². The molecule has 0 aliphatic heterocycles. The highest BCUT2D eigenvalue weighted by molar-refractivity contribution is 5.80. The Morgan fingerprint density at radius 1 is 1.41 bits per heavy atom. The van der Waals surface area contributed by atoms with Gasteiger partial charge in [0, 0.05) is 7.79 Å². The molecule has 98 valence electrons. The summed E-state index contributed by atoms with van der Waals surface area (Å²) in [6.07, 6.45) is -1.59. The van der Waals surface area contributed by atoms with Crippen LogP contribution in [0, 0.1) is 0 Å². The minimum atomic E-state index is -1.34. The Balaban J connectivity index is 4.37. The molecule has 0 fully saturated rings. The summed E-state index contributed by atoms with van der Waals surface area (Å²) in [5.74, 6) is -2.49. The second kappa shape index (κ2) is 6.07. The summed E-state index contributed by atoms with van der Waals surface area (Å²) in [6.45, 7) is 2.84. The number of ether oxygens (including phenoxy) is 1. The third kappa shape index (κ3) is 8.06. The fraction of sp³-hybridized carbons (Fsp3) is 0.700. The number of amides is 1. The molecule has 0 spiro atoms. The Hall–Kier alpha value is -1.79. The summed E-state index contributed by atoms with van der Waals surface area (Å²) >= 11 is 0. The molecule has 7 heteroatoms. The molecule has 3 N–H and O–H groups in total. The normalized spacial score (nSPS) is 13.4. The van der Waals surface area contributed by atoms with Crippen LogP contribution in [0.5, 0.6) is 0 Å². The molecule has 0 radical (unpaired) electrons. The number of carbonyl (C=O) groups excluding carboxylic acids is 1. The van der Waals surface area contributed by atoms with Crippen LogP contribution in [-0.2, 0) is 14.3 Å². The monoisotopic (exact) mass is 248 g/mol. The molecule has 0 aliphatic carbocycles. The lowest BCUT2D eigenvalue weighted by Crippen LogP contribution is -2.43. The van der Waals surface area contributed by atoms with E-state index in [1.54, 1.807) is 0 Å². The lowest BCUT2D eigenvalue weighted by Gasteiger charge is -2.21. The Bertz CT molecular complexity index is 330. The number of carboxylic acid groups (broad SMARTS) is 2. The third-order valence-electron chi connectivity index (χ3n) is 1.61. The van der Waals surface area contributed by atoms with Crippen molar-refractivity contribution in [2.75, 3.05) is 0 Å². The van der Waals surface area contributed by atoms with Gasteiger partial charge in [-0.15, -0.1) is 0 Å². The zero-order chi connectivity index (χ0) is 14.3. The molecule has 0 heterocycles. The molecule has 0 rings (SSSR count). The third-order valence-corrected chi connectivity index (χ3v) is 1.61. The lowest BCUT2D eigenvalue weighted by molar-refractivity contribution is -0.140. The van der Waals surface area contributed by atoms with E-state index in [9.17, 15) is 14.4 Å². The average molecular weight is 248 g/mol. The van der Waals surface area contributed by atoms with Gasteiger partial charge in [0.1, 0.15) is 11.6 Å². The number of hydrogen-bond acceptors (Lipinski definition) is 4. The maximum atomic E-state index is 11.3. The molecule has 17 heavy (non-hydrogen) atoms. The smallest absolute Gasteiger partial charge is 0.408 e. The van der Waals surface area contributed by atoms with Crippen molar-refractivity contribution < 1.29 is 30.7 Å². The Morgan fingerprint density at radius 3 is 2.41 bits per heavy atom. The molecule has 0 aromatic rings. The fourth-order valence-corrected chi connectivity index (χ4v) is 0.948. The van der Waals surface area contributed by atoms with Crippen molar-refractivity contribution in [3.63, 3.8) is 0 Å². The predicted octanol–water partition coefficient (Wildman–Crippen LogP) is 0.829. The van der Waals surface area contributed by atoms with Crippen LogP contribution in [-0.4, -0.2) is 39.9 Å². The Kier molecular flexibility index (Phi) is 4.74. The molecule has 0 aromatic carbocycles. The molecule has 0 bridgehead atoms. The van der Waals surface area contributed by atoms with Gasteiger partial charge in [0.2, 0.25) is 0 Å². The van der Waals surface area contributed by atoms with Crippen molar-refractivity contribution in [2.24, 2.45) is 0 Å². The first kappa shape index (κ1) is 13.3. The van der Waals surface area contributed by atoms with Gasteiger partial charge in [-0.05, 0) is 27.2 Å². The molecule has 0 aliphatic rings. The first-order valence-corrected chi connectivity index (χ1v) is 4.91. The van der Waals surface area contributed by atoms with Crippen LogP contribution >= 0.6 is 0 Å². The van der Waals surface area contributed by atoms with Crippen LogP contribution in [0.15, 0.2) is 0 Å². The minimum absolute atomic E-state index is 0.173. The van der Waals surface area contributed by atoms with Crippen LogP contribution in [0.2, 0.25) is 0 Å². The summed E-state index contributed by atoms with van der Waals surface area (Å²) in [5, 5.41) is 19.3. The van der Waals surface area contributed by atoms with E-state index in [1.165, 1.54) is 13.8 Å². The highest BCUT2D eigenvalue weighted by Crippen LogP contribution is 2.07. The van der Waals surface area contributed by atoms with Gasteiger partial charge < -0.3 is 20.3 Å². The Labute approximate surface area is 100 Å². The standard InChI is InChI=1S/C10H17NO6/c1-10(2,3)17-9(16)11-6(8(14)15)4-5-7(12)13/h6H,4-5H2,1-3H3,(H,11,16)(H,12,13)(H,14,15)/t6-/m0/s1/i1D. The fourth-order valence-electron chi connectivity index (χ4n) is 0.948. The summed E-state index contributed by atoms with van der Waals surface area (Å²) in [4.78, 5) is 32.5. The molecular weight excluding hydrogens is 230 g/mol. The zero-order valence-electron chi connectivity index (χ0n) is 10.7. The van der Waals surface area contributed by atoms with Crippen molar-refractivity contribution >= 4 is 18.0 Å². The summed E-state index contributed by atoms with van der Waals surface area (Å²) in [7, 11) is 0. The van der Waals surface area contributed by atoms with Gasteiger partial charge in [-0.2, -0.15) is 0 Å². The predicted molar refractivity (Wildman–Crippen MR) is 57.7 cm³/mol. The molecule has 0 saturated carbocycles. The van der Waals surface area contributed by atoms with Crippen molar-refractivity contribution in [2.45, 2.75) is 45.2 Å². The van der Waals surface area contributed by atoms with E-state index in [-0.39, 0.29) is 19.7 Å². The van der Waals surface area contributed by atoms with Crippen LogP contribution in [0.1, 0.15) is 35.0 Å². The van der Waals surface area contributed by atoms with Gasteiger partial charge in [0.05, 0.1) is 0 Å². The first-order valence-electron chi connectivity index (χ1n) is 5.62. The molecule has 0 unspecified atom stereocenters. The van der Waals surface area contributed by atoms with Crippen molar-refractivity contribution in [3.8, 4) is 0 Å². The molecule has 1 amide bonds. The number of rotatable bonds is 5. The molecule has 7 nitrogen and oxygen atoms in total. The zero-order valence-corrected chi connectivity index (χ0v) is 9.73. The number of carboxylic acids is 2. The van der Waals surface area contributed by atoms with Crippen molar-refractivity contribution in [1.82, 2.24) is 5.32 Å². The number of hydrogen-bond donors (Lipinski definition) is 3. The van der Waals surface area contributed by atoms with E-state index >= 15 is 0 Å². The number of carbonyl (C=O) groups is 3. The van der Waals surface area contributed by atoms with E-state index in [0.717, 1.165) is 0 Å². The summed E-state index contributed by atoms with van der Waals surface area (Å²) in [6, 6.07) is -1.32. The topological polar surface area (TPSA) is 113 Å². The average Bonchev–Trinajstić information content (AvgIpc) is 2.22. The quantitative estimate of drug-likeness (QED) is 0.664. The van der Waals surface area contributed by atoms with Crippen molar-refractivity contribution in [1.29, 1.82) is 0 Å². The molecule has 1 atom stereocenters. The van der Waals surface area contributed by atoms with E-state index in [1.807, 2.05) is 0 Å². The van der Waals surface area contributed by atoms with Gasteiger partial charge >= 0.3 is 18.0 Å². The van der Waals surface area contributed by atoms with Gasteiger partial charge in [-0.1, -0.05) is 0 Å². The summed E-state index contributed by atoms with van der Waals surface area (Å²) < 4.78 is 11.9. The van der Waals surface area contributed by atoms with Gasteiger partial charge in [-0.25, -0.2) is 9.59 Å². The SMILES string of the molecule is [2H]CC(C)(C)OC(=O)N[C@@H](CCC(=O)O)C(=O)O. The number of alkyl carbamates (subject to hydrolysis) is 1. The molecule has 0 aromatic heterocycles. The minimum Gasteiger partial charge on any atom is -0.481 e. The van der Waals surface area contributed by atoms with Crippen LogP contribution in [0.4, 0.5) is 4.79 Å². The van der Waals surface area contributed by atoms with E-state index in [2.05, 4.69) is 5.32 Å². The van der Waals surface area contributed by atoms with E-state index in [4.69, 9.17) is 16.3 Å². The summed E-state index contributed by atoms with van der Waals surface area (Å²) in [5.41, 5.74) is -1.03. The highest BCUT2D eigenvalue weighted by atomic mass is 16.6. The van der Waals surface area contributed by atoms with Crippen LogP contribution < -0.4 is 5.32 Å². The second-order valence-corrected chi connectivity index (χ2v) is 4.12. The van der Waals surface area contributed by atoms with Crippen molar-refractivity contribution in [3.05, 3.63) is 0 Å². The van der Waals surface area contributed by atoms with Crippen LogP contribution in [0.25, 0.3) is 0 Å². The highest BCUT2D eigenvalue weighted by Gasteiger charge is 2.24. The number of nitrogens with one attached hydrogen (secondary N) is 1. The maximum absolute atomic E-state index is 11.3. The first-order chi connectivity index (χ1) is 8.18. The maximum Gasteiger partial charge on any atom is 0.408 e. The van der Waals surface area contributed by atoms with Gasteiger partial charge in [0.25, 0.3) is 0 Å². The molecule has 0 saturated heterocycles.